The summed E-state index contributed by atoms with van der Waals surface area (Å²) in [5.41, 5.74) is 9.63. The number of aliphatic hydroxyl groups excluding tert-OH is 1. The number of aliphatic hydroxyl groups is 1. The Balaban J connectivity index is 1.85. The van der Waals surface area contributed by atoms with Crippen molar-refractivity contribution in [2.75, 3.05) is 11.1 Å². The molecule has 0 aliphatic rings. The van der Waals surface area contributed by atoms with Crippen LogP contribution in [0, 0.1) is 6.92 Å². The van der Waals surface area contributed by atoms with E-state index in [4.69, 9.17) is 5.73 Å². The smallest absolute Gasteiger partial charge is 0.228 e. The lowest BCUT2D eigenvalue weighted by Crippen LogP contribution is -2.08. The van der Waals surface area contributed by atoms with Gasteiger partial charge < -0.3 is 16.2 Å². The van der Waals surface area contributed by atoms with Crippen molar-refractivity contribution >= 4 is 11.9 Å². The number of aromatic nitrogens is 3. The summed E-state index contributed by atoms with van der Waals surface area (Å²) in [7, 11) is 0. The number of hydrogen-bond donors (Lipinski definition) is 3. The van der Waals surface area contributed by atoms with E-state index in [9.17, 15) is 5.11 Å². The maximum Gasteiger partial charge on any atom is 0.228 e. The average molecular weight is 321 g/mol. The van der Waals surface area contributed by atoms with Gasteiger partial charge in [0.1, 0.15) is 0 Å². The van der Waals surface area contributed by atoms with Crippen molar-refractivity contribution in [1.82, 2.24) is 15.0 Å². The van der Waals surface area contributed by atoms with E-state index in [1.54, 1.807) is 0 Å². The van der Waals surface area contributed by atoms with Crippen LogP contribution in [-0.2, 0) is 13.2 Å². The average Bonchev–Trinajstić information content (AvgIpc) is 2.61. The lowest BCUT2D eigenvalue weighted by Gasteiger charge is -2.09. The van der Waals surface area contributed by atoms with Crippen molar-refractivity contribution in [3.05, 3.63) is 65.2 Å². The quantitative estimate of drug-likeness (QED) is 0.668. The second-order valence-corrected chi connectivity index (χ2v) is 5.50. The van der Waals surface area contributed by atoms with Gasteiger partial charge >= 0.3 is 0 Å². The fourth-order valence-electron chi connectivity index (χ4n) is 2.36. The van der Waals surface area contributed by atoms with Crippen molar-refractivity contribution in [3.63, 3.8) is 0 Å². The number of anilines is 2. The van der Waals surface area contributed by atoms with Gasteiger partial charge in [-0.3, -0.25) is 0 Å². The molecule has 122 valence electrons. The summed E-state index contributed by atoms with van der Waals surface area (Å²) >= 11 is 0. The number of aryl methyl sites for hydroxylation is 1. The third kappa shape index (κ3) is 3.67. The molecular formula is C18H19N5O. The Morgan fingerprint density at radius 3 is 2.50 bits per heavy atom. The lowest BCUT2D eigenvalue weighted by molar-refractivity contribution is 0.282. The van der Waals surface area contributed by atoms with Crippen LogP contribution in [-0.4, -0.2) is 20.1 Å². The summed E-state index contributed by atoms with van der Waals surface area (Å²) in [5.74, 6) is 0.989. The highest BCUT2D eigenvalue weighted by Crippen LogP contribution is 2.21. The number of nitrogens with zero attached hydrogens (tertiary/aromatic N) is 3. The van der Waals surface area contributed by atoms with Crippen molar-refractivity contribution in [2.24, 2.45) is 0 Å². The first-order chi connectivity index (χ1) is 11.7. The zero-order valence-corrected chi connectivity index (χ0v) is 13.4. The van der Waals surface area contributed by atoms with Gasteiger partial charge in [-0.15, -0.1) is 0 Å². The van der Waals surface area contributed by atoms with Crippen LogP contribution in [0.2, 0.25) is 0 Å². The van der Waals surface area contributed by atoms with Crippen LogP contribution in [0.3, 0.4) is 0 Å². The molecule has 1 aromatic heterocycles. The predicted molar refractivity (Wildman–Crippen MR) is 94.1 cm³/mol. The number of nitrogens with one attached hydrogen (secondary N) is 1. The second kappa shape index (κ2) is 7.06. The minimum absolute atomic E-state index is 0.0894. The Kier molecular flexibility index (Phi) is 4.67. The van der Waals surface area contributed by atoms with Crippen LogP contribution < -0.4 is 11.1 Å². The number of rotatable bonds is 5. The molecular weight excluding hydrogens is 302 g/mol. The third-order valence-corrected chi connectivity index (χ3v) is 3.65. The third-order valence-electron chi connectivity index (χ3n) is 3.65. The molecule has 2 aromatic carbocycles. The monoisotopic (exact) mass is 321 g/mol. The molecule has 6 nitrogen and oxygen atoms in total. The zero-order valence-electron chi connectivity index (χ0n) is 13.4. The van der Waals surface area contributed by atoms with Gasteiger partial charge in [0, 0.05) is 12.1 Å². The molecule has 0 saturated heterocycles. The summed E-state index contributed by atoms with van der Waals surface area (Å²) in [4.78, 5) is 12.7. The van der Waals surface area contributed by atoms with Crippen LogP contribution in [0.5, 0.6) is 0 Å². The molecule has 0 atom stereocenters. The molecule has 3 rings (SSSR count). The summed E-state index contributed by atoms with van der Waals surface area (Å²) < 4.78 is 0. The van der Waals surface area contributed by atoms with Crippen LogP contribution in [0.25, 0.3) is 11.4 Å². The Hall–Kier alpha value is -2.99. The first-order valence-electron chi connectivity index (χ1n) is 7.66. The summed E-state index contributed by atoms with van der Waals surface area (Å²) in [6.45, 7) is 2.55. The highest BCUT2D eigenvalue weighted by Gasteiger charge is 2.10. The van der Waals surface area contributed by atoms with Gasteiger partial charge in [-0.25, -0.2) is 0 Å². The molecule has 0 fully saturated rings. The zero-order chi connectivity index (χ0) is 16.9. The topological polar surface area (TPSA) is 97.0 Å². The van der Waals surface area contributed by atoms with Gasteiger partial charge in [0.2, 0.25) is 11.9 Å². The minimum atomic E-state index is -0.0894. The van der Waals surface area contributed by atoms with E-state index in [1.165, 1.54) is 5.56 Å². The molecule has 3 aromatic rings. The molecule has 24 heavy (non-hydrogen) atoms. The van der Waals surface area contributed by atoms with E-state index in [1.807, 2.05) is 24.3 Å². The molecule has 0 unspecified atom stereocenters. The van der Waals surface area contributed by atoms with Gasteiger partial charge in [0.05, 0.1) is 6.61 Å². The Morgan fingerprint density at radius 1 is 1.00 bits per heavy atom. The Morgan fingerprint density at radius 2 is 1.75 bits per heavy atom. The highest BCUT2D eigenvalue weighted by molar-refractivity contribution is 5.62. The SMILES string of the molecule is Cc1ccc(CNc2nc(N)nc(-c3ccccc3CO)n2)cc1. The standard InChI is InChI=1S/C18H19N5O/c1-12-6-8-13(9-7-12)10-20-18-22-16(21-17(19)23-18)15-5-3-2-4-14(15)11-24/h2-9,24H,10-11H2,1H3,(H3,19,20,21,22,23). The van der Waals surface area contributed by atoms with Crippen LogP contribution in [0.4, 0.5) is 11.9 Å². The van der Waals surface area contributed by atoms with E-state index in [0.717, 1.165) is 16.7 Å². The van der Waals surface area contributed by atoms with Gasteiger partial charge in [-0.2, -0.15) is 15.0 Å². The van der Waals surface area contributed by atoms with Gasteiger partial charge in [-0.05, 0) is 18.1 Å². The summed E-state index contributed by atoms with van der Waals surface area (Å²) in [6.07, 6.45) is 0. The molecule has 0 aliphatic heterocycles. The molecule has 0 aliphatic carbocycles. The van der Waals surface area contributed by atoms with Gasteiger partial charge in [-0.1, -0.05) is 54.1 Å². The van der Waals surface area contributed by atoms with Gasteiger partial charge in [0.25, 0.3) is 0 Å². The highest BCUT2D eigenvalue weighted by atomic mass is 16.3. The molecule has 0 radical (unpaired) electrons. The second-order valence-electron chi connectivity index (χ2n) is 5.50. The maximum atomic E-state index is 9.47. The first kappa shape index (κ1) is 15.9. The molecule has 0 saturated carbocycles. The van der Waals surface area contributed by atoms with Crippen molar-refractivity contribution in [1.29, 1.82) is 0 Å². The first-order valence-corrected chi connectivity index (χ1v) is 7.66. The van der Waals surface area contributed by atoms with Gasteiger partial charge in [0.15, 0.2) is 5.82 Å². The van der Waals surface area contributed by atoms with Crippen molar-refractivity contribution < 1.29 is 5.11 Å². The van der Waals surface area contributed by atoms with E-state index in [-0.39, 0.29) is 12.6 Å². The van der Waals surface area contributed by atoms with Crippen molar-refractivity contribution in [2.45, 2.75) is 20.1 Å². The largest absolute Gasteiger partial charge is 0.392 e. The number of benzene rings is 2. The van der Waals surface area contributed by atoms with Crippen LogP contribution in [0.15, 0.2) is 48.5 Å². The Bertz CT molecular complexity index is 833. The fourth-order valence-corrected chi connectivity index (χ4v) is 2.36. The fraction of sp³-hybridized carbons (Fsp3) is 0.167. The molecule has 6 heteroatoms. The van der Waals surface area contributed by atoms with E-state index in [0.29, 0.717) is 18.3 Å². The normalized spacial score (nSPS) is 10.6. The summed E-state index contributed by atoms with van der Waals surface area (Å²) in [5, 5.41) is 12.6. The number of nitrogen functional groups attached to an aromatic ring is 1. The molecule has 1 heterocycles. The minimum Gasteiger partial charge on any atom is -0.392 e. The molecule has 0 amide bonds. The number of nitrogens with two attached hydrogens (primary N) is 1. The van der Waals surface area contributed by atoms with E-state index in [2.05, 4.69) is 51.5 Å². The molecule has 0 bridgehead atoms. The number of hydrogen-bond acceptors (Lipinski definition) is 6. The van der Waals surface area contributed by atoms with E-state index < -0.39 is 0 Å². The predicted octanol–water partition coefficient (Wildman–Crippen LogP) is 2.53. The van der Waals surface area contributed by atoms with Crippen LogP contribution >= 0.6 is 0 Å². The molecule has 0 spiro atoms. The van der Waals surface area contributed by atoms with E-state index >= 15 is 0 Å². The maximum absolute atomic E-state index is 9.47. The summed E-state index contributed by atoms with van der Waals surface area (Å²) in [6, 6.07) is 15.6. The lowest BCUT2D eigenvalue weighted by atomic mass is 10.1. The van der Waals surface area contributed by atoms with Crippen LogP contribution in [0.1, 0.15) is 16.7 Å². The Labute approximate surface area is 140 Å². The van der Waals surface area contributed by atoms with Crippen molar-refractivity contribution in [3.8, 4) is 11.4 Å². The molecule has 4 N–H and O–H groups in total.